The van der Waals surface area contributed by atoms with Gasteiger partial charge in [0.25, 0.3) is 10.0 Å². The van der Waals surface area contributed by atoms with Gasteiger partial charge in [-0.25, -0.2) is 13.4 Å². The summed E-state index contributed by atoms with van der Waals surface area (Å²) in [6.07, 6.45) is 5.45. The van der Waals surface area contributed by atoms with Crippen LogP contribution in [-0.2, 0) is 10.0 Å². The number of nitrogens with zero attached hydrogens (tertiary/aromatic N) is 3. The Morgan fingerprint density at radius 2 is 2.00 bits per heavy atom. The van der Waals surface area contributed by atoms with E-state index in [4.69, 9.17) is 11.6 Å². The molecule has 0 spiro atoms. The molecule has 0 atom stereocenters. The number of likely N-dealkylation sites (N-methyl/N-ethyl adjacent to an activating group) is 1. The van der Waals surface area contributed by atoms with Crippen molar-refractivity contribution in [2.24, 2.45) is 0 Å². The molecule has 1 heterocycles. The van der Waals surface area contributed by atoms with Crippen molar-refractivity contribution >= 4 is 33.0 Å². The Labute approximate surface area is 129 Å². The molecule has 20 heavy (non-hydrogen) atoms. The van der Waals surface area contributed by atoms with Crippen molar-refractivity contribution in [3.63, 3.8) is 0 Å². The van der Waals surface area contributed by atoms with Crippen molar-refractivity contribution in [1.29, 1.82) is 0 Å². The van der Waals surface area contributed by atoms with Crippen molar-refractivity contribution in [2.45, 2.75) is 35.9 Å². The highest BCUT2D eigenvalue weighted by Gasteiger charge is 2.34. The third-order valence-electron chi connectivity index (χ3n) is 3.52. The maximum Gasteiger partial charge on any atom is 0.254 e. The molecule has 0 unspecified atom stereocenters. The molecule has 1 aromatic rings. The molecule has 114 valence electrons. The summed E-state index contributed by atoms with van der Waals surface area (Å²) in [7, 11) is 0.414. The molecule has 0 bridgehead atoms. The number of thiazole rings is 1. The molecule has 0 amide bonds. The molecule has 1 saturated carbocycles. The fourth-order valence-electron chi connectivity index (χ4n) is 2.46. The Morgan fingerprint density at radius 3 is 2.50 bits per heavy atom. The first kappa shape index (κ1) is 16.2. The molecule has 5 nitrogen and oxygen atoms in total. The maximum atomic E-state index is 12.8. The van der Waals surface area contributed by atoms with Crippen LogP contribution in [0.1, 0.15) is 25.7 Å². The Balaban J connectivity index is 2.24. The minimum absolute atomic E-state index is 0.112. The van der Waals surface area contributed by atoms with Crippen molar-refractivity contribution in [3.05, 3.63) is 10.7 Å². The second-order valence-electron chi connectivity index (χ2n) is 5.29. The van der Waals surface area contributed by atoms with Gasteiger partial charge in [-0.1, -0.05) is 35.8 Å². The van der Waals surface area contributed by atoms with Crippen LogP contribution in [0.3, 0.4) is 0 Å². The van der Waals surface area contributed by atoms with E-state index in [1.54, 1.807) is 4.31 Å². The van der Waals surface area contributed by atoms with Gasteiger partial charge in [0, 0.05) is 19.1 Å². The van der Waals surface area contributed by atoms with Gasteiger partial charge in [0.1, 0.15) is 0 Å². The third kappa shape index (κ3) is 3.71. The van der Waals surface area contributed by atoms with Crippen LogP contribution in [0.25, 0.3) is 0 Å². The van der Waals surface area contributed by atoms with E-state index in [0.29, 0.717) is 13.1 Å². The summed E-state index contributed by atoms with van der Waals surface area (Å²) in [6, 6.07) is 0.112. The van der Waals surface area contributed by atoms with Crippen LogP contribution in [-0.4, -0.2) is 55.8 Å². The fraction of sp³-hybridized carbons (Fsp3) is 0.750. The fourth-order valence-corrected chi connectivity index (χ4v) is 5.56. The lowest BCUT2D eigenvalue weighted by Crippen LogP contribution is -2.42. The topological polar surface area (TPSA) is 53.5 Å². The van der Waals surface area contributed by atoms with Crippen LogP contribution >= 0.6 is 22.9 Å². The quantitative estimate of drug-likeness (QED) is 0.799. The summed E-state index contributed by atoms with van der Waals surface area (Å²) < 4.78 is 27.7. The Hall–Kier alpha value is -0.210. The van der Waals surface area contributed by atoms with Crippen molar-refractivity contribution in [3.8, 4) is 0 Å². The lowest BCUT2D eigenvalue weighted by Gasteiger charge is -2.28. The number of sulfonamides is 1. The number of halogens is 1. The van der Waals surface area contributed by atoms with E-state index >= 15 is 0 Å². The summed E-state index contributed by atoms with van der Waals surface area (Å²) in [5, 5.41) is 0. The van der Waals surface area contributed by atoms with Gasteiger partial charge in [0.15, 0.2) is 8.68 Å². The number of aromatic nitrogens is 1. The van der Waals surface area contributed by atoms with Gasteiger partial charge in [-0.3, -0.25) is 0 Å². The Kier molecular flexibility index (Phi) is 5.42. The minimum Gasteiger partial charge on any atom is -0.308 e. The van der Waals surface area contributed by atoms with Gasteiger partial charge in [-0.05, 0) is 26.9 Å². The van der Waals surface area contributed by atoms with Crippen LogP contribution in [0.2, 0.25) is 4.47 Å². The zero-order valence-corrected chi connectivity index (χ0v) is 14.1. The van der Waals surface area contributed by atoms with Crippen LogP contribution in [0.4, 0.5) is 0 Å². The Morgan fingerprint density at radius 1 is 1.35 bits per heavy atom. The highest BCUT2D eigenvalue weighted by atomic mass is 35.5. The van der Waals surface area contributed by atoms with E-state index in [0.717, 1.165) is 37.0 Å². The second-order valence-corrected chi connectivity index (χ2v) is 9.02. The van der Waals surface area contributed by atoms with E-state index in [9.17, 15) is 8.42 Å². The first-order valence-electron chi connectivity index (χ1n) is 6.69. The van der Waals surface area contributed by atoms with Crippen LogP contribution in [0, 0.1) is 0 Å². The highest BCUT2D eigenvalue weighted by Crippen LogP contribution is 2.31. The molecular weight excluding hydrogens is 318 g/mol. The average molecular weight is 338 g/mol. The van der Waals surface area contributed by atoms with Gasteiger partial charge in [-0.2, -0.15) is 4.31 Å². The van der Waals surface area contributed by atoms with Crippen LogP contribution < -0.4 is 0 Å². The van der Waals surface area contributed by atoms with Crippen molar-refractivity contribution in [2.75, 3.05) is 27.2 Å². The predicted molar refractivity (Wildman–Crippen MR) is 81.8 cm³/mol. The summed E-state index contributed by atoms with van der Waals surface area (Å²) in [4.78, 5) is 5.85. The molecule has 1 fully saturated rings. The van der Waals surface area contributed by atoms with E-state index in [2.05, 4.69) is 4.98 Å². The van der Waals surface area contributed by atoms with Crippen molar-refractivity contribution < 1.29 is 8.42 Å². The molecule has 0 aromatic carbocycles. The molecule has 1 aliphatic rings. The number of rotatable bonds is 6. The molecule has 0 N–H and O–H groups in total. The normalized spacial score (nSPS) is 17.4. The number of hydrogen-bond acceptors (Lipinski definition) is 5. The van der Waals surface area contributed by atoms with Gasteiger partial charge in [-0.15, -0.1) is 0 Å². The maximum absolute atomic E-state index is 12.8. The minimum atomic E-state index is -3.48. The predicted octanol–water partition coefficient (Wildman–Crippen LogP) is 2.29. The molecule has 0 saturated heterocycles. The van der Waals surface area contributed by atoms with E-state index < -0.39 is 10.0 Å². The average Bonchev–Trinajstić information content (AvgIpc) is 3.00. The smallest absolute Gasteiger partial charge is 0.254 e. The van der Waals surface area contributed by atoms with E-state index in [-0.39, 0.29) is 14.7 Å². The van der Waals surface area contributed by atoms with E-state index in [1.807, 2.05) is 19.0 Å². The number of hydrogen-bond donors (Lipinski definition) is 0. The van der Waals surface area contributed by atoms with Gasteiger partial charge in [0.2, 0.25) is 0 Å². The molecule has 8 heteroatoms. The molecule has 2 rings (SSSR count). The standard InChI is InChI=1S/C12H20ClN3O2S2/c1-15(2)7-8-16(10-5-3-4-6-10)20(17,18)11-9-14-12(13)19-11/h9-10H,3-8H2,1-2H3. The lowest BCUT2D eigenvalue weighted by atomic mass is 10.2. The third-order valence-corrected chi connectivity index (χ3v) is 7.02. The molecule has 0 radical (unpaired) electrons. The van der Waals surface area contributed by atoms with Gasteiger partial charge >= 0.3 is 0 Å². The summed E-state index contributed by atoms with van der Waals surface area (Å²) in [5.41, 5.74) is 0. The molecule has 1 aliphatic carbocycles. The monoisotopic (exact) mass is 337 g/mol. The second kappa shape index (κ2) is 6.70. The van der Waals surface area contributed by atoms with Gasteiger partial charge in [0.05, 0.1) is 6.20 Å². The SMILES string of the molecule is CN(C)CCN(C1CCCC1)S(=O)(=O)c1cnc(Cl)s1. The molecule has 1 aromatic heterocycles. The van der Waals surface area contributed by atoms with Crippen LogP contribution in [0.15, 0.2) is 10.4 Å². The zero-order valence-electron chi connectivity index (χ0n) is 11.7. The highest BCUT2D eigenvalue weighted by molar-refractivity contribution is 7.91. The van der Waals surface area contributed by atoms with Crippen LogP contribution in [0.5, 0.6) is 0 Å². The van der Waals surface area contributed by atoms with Gasteiger partial charge < -0.3 is 4.90 Å². The summed E-state index contributed by atoms with van der Waals surface area (Å²) in [5.74, 6) is 0. The van der Waals surface area contributed by atoms with Crippen molar-refractivity contribution in [1.82, 2.24) is 14.2 Å². The lowest BCUT2D eigenvalue weighted by molar-refractivity contribution is 0.282. The molecular formula is C12H20ClN3O2S2. The largest absolute Gasteiger partial charge is 0.308 e. The first-order valence-corrected chi connectivity index (χ1v) is 9.32. The summed E-state index contributed by atoms with van der Waals surface area (Å²) in [6.45, 7) is 1.22. The molecule has 0 aliphatic heterocycles. The van der Waals surface area contributed by atoms with E-state index in [1.165, 1.54) is 6.20 Å². The zero-order chi connectivity index (χ0) is 14.8. The Bertz CT molecular complexity index is 539. The summed E-state index contributed by atoms with van der Waals surface area (Å²) >= 11 is 6.80. The first-order chi connectivity index (χ1) is 9.41.